The molecular weight excluding hydrogens is 242 g/mol. The van der Waals surface area contributed by atoms with Crippen molar-refractivity contribution in [2.75, 3.05) is 5.32 Å². The van der Waals surface area contributed by atoms with Gasteiger partial charge in [-0.3, -0.25) is 0 Å². The van der Waals surface area contributed by atoms with E-state index in [4.69, 9.17) is 0 Å². The summed E-state index contributed by atoms with van der Waals surface area (Å²) in [6, 6.07) is 6.42. The van der Waals surface area contributed by atoms with Gasteiger partial charge in [0, 0.05) is 21.5 Å². The van der Waals surface area contributed by atoms with Crippen molar-refractivity contribution in [1.82, 2.24) is 9.97 Å². The lowest BCUT2D eigenvalue weighted by molar-refractivity contribution is 0.871. The summed E-state index contributed by atoms with van der Waals surface area (Å²) < 4.78 is 0. The van der Waals surface area contributed by atoms with Gasteiger partial charge in [-0.2, -0.15) is 0 Å². The van der Waals surface area contributed by atoms with Crippen LogP contribution in [0.4, 0.5) is 5.82 Å². The van der Waals surface area contributed by atoms with Gasteiger partial charge in [-0.15, -0.1) is 11.3 Å². The van der Waals surface area contributed by atoms with E-state index in [-0.39, 0.29) is 0 Å². The molecule has 2 aromatic rings. The Bertz CT molecular complexity index is 493. The van der Waals surface area contributed by atoms with Crippen LogP contribution >= 0.6 is 11.3 Å². The molecule has 2 heterocycles. The van der Waals surface area contributed by atoms with E-state index in [1.54, 1.807) is 6.33 Å². The Labute approximate surface area is 112 Å². The van der Waals surface area contributed by atoms with Gasteiger partial charge in [-0.1, -0.05) is 20.3 Å². The largest absolute Gasteiger partial charge is 0.365 e. The van der Waals surface area contributed by atoms with Crippen LogP contribution in [0.3, 0.4) is 0 Å². The van der Waals surface area contributed by atoms with Crippen LogP contribution in [-0.2, 0) is 19.4 Å². The fourth-order valence-electron chi connectivity index (χ4n) is 1.77. The summed E-state index contributed by atoms with van der Waals surface area (Å²) in [5.41, 5.74) is 1.11. The van der Waals surface area contributed by atoms with Crippen LogP contribution in [0.5, 0.6) is 0 Å². The van der Waals surface area contributed by atoms with Gasteiger partial charge in [0.2, 0.25) is 0 Å². The zero-order chi connectivity index (χ0) is 12.8. The summed E-state index contributed by atoms with van der Waals surface area (Å²) in [5, 5.41) is 3.36. The third kappa shape index (κ3) is 3.53. The molecule has 2 aromatic heterocycles. The number of thiophene rings is 1. The Morgan fingerprint density at radius 3 is 2.72 bits per heavy atom. The average molecular weight is 261 g/mol. The molecule has 0 spiro atoms. The highest BCUT2D eigenvalue weighted by Crippen LogP contribution is 2.18. The number of rotatable bonds is 6. The van der Waals surface area contributed by atoms with E-state index in [9.17, 15) is 0 Å². The van der Waals surface area contributed by atoms with Crippen molar-refractivity contribution in [2.45, 2.75) is 39.7 Å². The molecular formula is C14H19N3S. The van der Waals surface area contributed by atoms with Gasteiger partial charge in [0.1, 0.15) is 12.1 Å². The molecule has 0 bridgehead atoms. The van der Waals surface area contributed by atoms with Crippen LogP contribution in [0, 0.1) is 0 Å². The quantitative estimate of drug-likeness (QED) is 0.862. The molecule has 0 fully saturated rings. The number of hydrogen-bond acceptors (Lipinski definition) is 4. The maximum absolute atomic E-state index is 4.25. The van der Waals surface area contributed by atoms with Gasteiger partial charge in [0.25, 0.3) is 0 Å². The molecule has 0 saturated heterocycles. The Morgan fingerprint density at radius 2 is 2.00 bits per heavy atom. The monoisotopic (exact) mass is 261 g/mol. The summed E-state index contributed by atoms with van der Waals surface area (Å²) in [5.74, 6) is 0.917. The van der Waals surface area contributed by atoms with Crippen molar-refractivity contribution in [3.8, 4) is 0 Å². The number of nitrogens with one attached hydrogen (secondary N) is 1. The summed E-state index contributed by atoms with van der Waals surface area (Å²) in [6.07, 6.45) is 4.87. The molecule has 0 unspecified atom stereocenters. The summed E-state index contributed by atoms with van der Waals surface area (Å²) in [7, 11) is 0. The van der Waals surface area contributed by atoms with Crippen LogP contribution in [-0.4, -0.2) is 9.97 Å². The molecule has 4 heteroatoms. The Kier molecular flexibility index (Phi) is 4.70. The van der Waals surface area contributed by atoms with Gasteiger partial charge in [0.05, 0.1) is 6.54 Å². The van der Waals surface area contributed by atoms with Crippen LogP contribution in [0.2, 0.25) is 0 Å². The normalized spacial score (nSPS) is 10.6. The maximum atomic E-state index is 4.25. The van der Waals surface area contributed by atoms with Crippen molar-refractivity contribution < 1.29 is 0 Å². The molecule has 0 aliphatic carbocycles. The minimum atomic E-state index is 0.841. The topological polar surface area (TPSA) is 37.8 Å². The van der Waals surface area contributed by atoms with Gasteiger partial charge in [-0.25, -0.2) is 9.97 Å². The van der Waals surface area contributed by atoms with E-state index in [0.29, 0.717) is 0 Å². The summed E-state index contributed by atoms with van der Waals surface area (Å²) >= 11 is 1.86. The number of nitrogens with zero attached hydrogens (tertiary/aromatic N) is 2. The lowest BCUT2D eigenvalue weighted by atomic mass is 10.2. The molecule has 18 heavy (non-hydrogen) atoms. The standard InChI is InChI=1S/C14H19N3S/c1-3-5-11-8-14(17-10-16-11)15-9-13-7-6-12(4-2)18-13/h6-8,10H,3-5,9H2,1-2H3,(H,15,16,17). The predicted octanol–water partition coefficient (Wildman–Crippen LogP) is 3.67. The van der Waals surface area contributed by atoms with Gasteiger partial charge in [0.15, 0.2) is 0 Å². The van der Waals surface area contributed by atoms with Crippen molar-refractivity contribution in [3.05, 3.63) is 40.0 Å². The first-order valence-corrected chi connectivity index (χ1v) is 7.25. The first-order chi connectivity index (χ1) is 8.81. The predicted molar refractivity (Wildman–Crippen MR) is 77.1 cm³/mol. The SMILES string of the molecule is CCCc1cc(NCc2ccc(CC)s2)ncn1. The Morgan fingerprint density at radius 1 is 1.17 bits per heavy atom. The molecule has 0 radical (unpaired) electrons. The molecule has 0 atom stereocenters. The summed E-state index contributed by atoms with van der Waals surface area (Å²) in [6.45, 7) is 5.19. The average Bonchev–Trinajstić information content (AvgIpc) is 2.85. The molecule has 0 saturated carbocycles. The molecule has 0 amide bonds. The highest BCUT2D eigenvalue weighted by molar-refractivity contribution is 7.12. The van der Waals surface area contributed by atoms with Crippen LogP contribution in [0.1, 0.15) is 35.7 Å². The molecule has 2 rings (SSSR count). The minimum Gasteiger partial charge on any atom is -0.365 e. The van der Waals surface area contributed by atoms with E-state index in [1.165, 1.54) is 9.75 Å². The van der Waals surface area contributed by atoms with Crippen molar-refractivity contribution in [3.63, 3.8) is 0 Å². The molecule has 3 nitrogen and oxygen atoms in total. The van der Waals surface area contributed by atoms with Crippen molar-refractivity contribution in [2.24, 2.45) is 0 Å². The third-order valence-electron chi connectivity index (χ3n) is 2.74. The Balaban J connectivity index is 1.94. The van der Waals surface area contributed by atoms with Crippen LogP contribution in [0.15, 0.2) is 24.5 Å². The second-order valence-electron chi connectivity index (χ2n) is 4.22. The van der Waals surface area contributed by atoms with E-state index in [1.807, 2.05) is 17.4 Å². The van der Waals surface area contributed by atoms with Gasteiger partial charge in [-0.05, 0) is 25.0 Å². The summed E-state index contributed by atoms with van der Waals surface area (Å²) in [4.78, 5) is 11.3. The zero-order valence-electron chi connectivity index (χ0n) is 10.9. The second kappa shape index (κ2) is 6.50. The third-order valence-corrected chi connectivity index (χ3v) is 3.97. The van der Waals surface area contributed by atoms with Gasteiger partial charge >= 0.3 is 0 Å². The lowest BCUT2D eigenvalue weighted by Gasteiger charge is -2.05. The number of anilines is 1. The molecule has 0 aliphatic heterocycles. The number of hydrogen-bond donors (Lipinski definition) is 1. The Hall–Kier alpha value is -1.42. The minimum absolute atomic E-state index is 0.841. The highest BCUT2D eigenvalue weighted by Gasteiger charge is 2.01. The van der Waals surface area contributed by atoms with E-state index in [2.05, 4.69) is 41.3 Å². The lowest BCUT2D eigenvalue weighted by Crippen LogP contribution is -2.01. The van der Waals surface area contributed by atoms with Crippen molar-refractivity contribution in [1.29, 1.82) is 0 Å². The van der Waals surface area contributed by atoms with E-state index in [0.717, 1.165) is 37.3 Å². The number of aromatic nitrogens is 2. The first-order valence-electron chi connectivity index (χ1n) is 6.44. The van der Waals surface area contributed by atoms with Gasteiger partial charge < -0.3 is 5.32 Å². The van der Waals surface area contributed by atoms with Crippen LogP contribution < -0.4 is 5.32 Å². The maximum Gasteiger partial charge on any atom is 0.129 e. The fourth-order valence-corrected chi connectivity index (χ4v) is 2.67. The van der Waals surface area contributed by atoms with E-state index >= 15 is 0 Å². The van der Waals surface area contributed by atoms with E-state index < -0.39 is 0 Å². The molecule has 0 aliphatic rings. The first kappa shape index (κ1) is 13.0. The fraction of sp³-hybridized carbons (Fsp3) is 0.429. The molecule has 1 N–H and O–H groups in total. The number of aryl methyl sites for hydroxylation is 2. The second-order valence-corrected chi connectivity index (χ2v) is 5.47. The smallest absolute Gasteiger partial charge is 0.129 e. The van der Waals surface area contributed by atoms with Crippen LogP contribution in [0.25, 0.3) is 0 Å². The highest BCUT2D eigenvalue weighted by atomic mass is 32.1. The van der Waals surface area contributed by atoms with Crippen molar-refractivity contribution >= 4 is 17.2 Å². The molecule has 96 valence electrons. The zero-order valence-corrected chi connectivity index (χ0v) is 11.8. The molecule has 0 aromatic carbocycles.